The molecule has 1 heterocycles. The molecule has 0 radical (unpaired) electrons. The van der Waals surface area contributed by atoms with Crippen molar-refractivity contribution >= 4 is 5.78 Å². The predicted octanol–water partition coefficient (Wildman–Crippen LogP) is 4.19. The Balaban J connectivity index is 1.77. The minimum Gasteiger partial charge on any atom is -0.294 e. The summed E-state index contributed by atoms with van der Waals surface area (Å²) >= 11 is 0. The van der Waals surface area contributed by atoms with Gasteiger partial charge in [0, 0.05) is 23.7 Å². The average Bonchev–Trinajstić information content (AvgIpc) is 3.04. The Hall–Kier alpha value is -2.68. The van der Waals surface area contributed by atoms with Crippen molar-refractivity contribution in [3.05, 3.63) is 78.1 Å². The molecule has 0 saturated carbocycles. The van der Waals surface area contributed by atoms with Crippen molar-refractivity contribution in [2.45, 2.75) is 19.9 Å². The summed E-state index contributed by atoms with van der Waals surface area (Å²) in [6.45, 7) is 2.64. The molecule has 3 heteroatoms. The van der Waals surface area contributed by atoms with E-state index >= 15 is 0 Å². The number of carbonyl (C=O) groups excluding carboxylic acids is 1. The molecular weight excluding hydrogens is 272 g/mol. The summed E-state index contributed by atoms with van der Waals surface area (Å²) < 4.78 is 1.93. The molecule has 0 saturated heterocycles. The van der Waals surface area contributed by atoms with Gasteiger partial charge in [-0.3, -0.25) is 9.48 Å². The van der Waals surface area contributed by atoms with Crippen LogP contribution < -0.4 is 0 Å². The molecule has 0 aliphatic heterocycles. The van der Waals surface area contributed by atoms with Gasteiger partial charge in [0.1, 0.15) is 0 Å². The zero-order valence-electron chi connectivity index (χ0n) is 12.6. The molecule has 0 N–H and O–H groups in total. The molecule has 0 fully saturated rings. The van der Waals surface area contributed by atoms with E-state index in [1.165, 1.54) is 5.56 Å². The number of Topliss-reactive ketones (excluding diaryl/α,β-unsaturated/α-hetero) is 1. The third kappa shape index (κ3) is 3.14. The number of rotatable bonds is 5. The predicted molar refractivity (Wildman–Crippen MR) is 87.8 cm³/mol. The highest BCUT2D eigenvalue weighted by Gasteiger charge is 2.05. The molecule has 110 valence electrons. The first-order valence-electron chi connectivity index (χ1n) is 7.46. The van der Waals surface area contributed by atoms with E-state index in [9.17, 15) is 4.79 Å². The average molecular weight is 290 g/mol. The topological polar surface area (TPSA) is 34.9 Å². The van der Waals surface area contributed by atoms with Crippen LogP contribution in [-0.2, 0) is 6.54 Å². The van der Waals surface area contributed by atoms with Crippen LogP contribution in [0.4, 0.5) is 0 Å². The number of carbonyl (C=O) groups is 1. The lowest BCUT2D eigenvalue weighted by Gasteiger charge is -2.02. The maximum Gasteiger partial charge on any atom is 0.162 e. The first-order valence-corrected chi connectivity index (χ1v) is 7.46. The van der Waals surface area contributed by atoms with E-state index in [4.69, 9.17) is 0 Å². The first-order chi connectivity index (χ1) is 10.8. The second-order valence-electron chi connectivity index (χ2n) is 5.27. The number of hydrogen-bond donors (Lipinski definition) is 0. The van der Waals surface area contributed by atoms with E-state index in [0.717, 1.165) is 23.2 Å². The lowest BCUT2D eigenvalue weighted by atomic mass is 10.0. The van der Waals surface area contributed by atoms with Gasteiger partial charge in [-0.1, -0.05) is 61.5 Å². The minimum absolute atomic E-state index is 0.173. The van der Waals surface area contributed by atoms with E-state index in [1.54, 1.807) is 0 Å². The molecule has 0 unspecified atom stereocenters. The smallest absolute Gasteiger partial charge is 0.162 e. The van der Waals surface area contributed by atoms with Crippen molar-refractivity contribution in [2.24, 2.45) is 0 Å². The molecular formula is C19H18N2O. The third-order valence-electron chi connectivity index (χ3n) is 3.68. The van der Waals surface area contributed by atoms with Crippen LogP contribution in [0.2, 0.25) is 0 Å². The van der Waals surface area contributed by atoms with E-state index < -0.39 is 0 Å². The quantitative estimate of drug-likeness (QED) is 0.660. The van der Waals surface area contributed by atoms with Crippen LogP contribution >= 0.6 is 0 Å². The molecule has 0 bridgehead atoms. The van der Waals surface area contributed by atoms with Gasteiger partial charge in [0.15, 0.2) is 5.78 Å². The summed E-state index contributed by atoms with van der Waals surface area (Å²) in [6, 6.07) is 18.0. The largest absolute Gasteiger partial charge is 0.294 e. The van der Waals surface area contributed by atoms with Gasteiger partial charge in [0.2, 0.25) is 0 Å². The van der Waals surface area contributed by atoms with Crippen molar-refractivity contribution in [3.63, 3.8) is 0 Å². The maximum atomic E-state index is 11.7. The van der Waals surface area contributed by atoms with Crippen molar-refractivity contribution in [1.29, 1.82) is 0 Å². The molecule has 0 spiro atoms. The fourth-order valence-electron chi connectivity index (χ4n) is 2.42. The molecule has 1 aromatic heterocycles. The van der Waals surface area contributed by atoms with Crippen molar-refractivity contribution in [1.82, 2.24) is 9.78 Å². The van der Waals surface area contributed by atoms with Gasteiger partial charge >= 0.3 is 0 Å². The summed E-state index contributed by atoms with van der Waals surface area (Å²) in [5, 5.41) is 4.41. The van der Waals surface area contributed by atoms with Gasteiger partial charge in [-0.15, -0.1) is 0 Å². The number of hydrogen-bond acceptors (Lipinski definition) is 2. The lowest BCUT2D eigenvalue weighted by molar-refractivity contribution is 0.0988. The summed E-state index contributed by atoms with van der Waals surface area (Å²) in [5.74, 6) is 0.173. The Kier molecular flexibility index (Phi) is 4.15. The van der Waals surface area contributed by atoms with Crippen LogP contribution in [-0.4, -0.2) is 15.6 Å². The molecule has 0 amide bonds. The van der Waals surface area contributed by atoms with E-state index in [1.807, 2.05) is 66.5 Å². The summed E-state index contributed by atoms with van der Waals surface area (Å²) in [4.78, 5) is 11.7. The van der Waals surface area contributed by atoms with Crippen LogP contribution in [0.5, 0.6) is 0 Å². The molecule has 3 nitrogen and oxygen atoms in total. The zero-order chi connectivity index (χ0) is 15.4. The second-order valence-corrected chi connectivity index (χ2v) is 5.27. The standard InChI is InChI=1S/C19H18N2O/c1-2-19(22)17-10-8-16(9-11-17)18-12-20-21(14-18)13-15-6-4-3-5-7-15/h3-12,14H,2,13H2,1H3. The van der Waals surface area contributed by atoms with E-state index in [-0.39, 0.29) is 5.78 Å². The Morgan fingerprint density at radius 2 is 1.73 bits per heavy atom. The van der Waals surface area contributed by atoms with Crippen LogP contribution in [0.1, 0.15) is 29.3 Å². The first kappa shape index (κ1) is 14.3. The Morgan fingerprint density at radius 3 is 2.41 bits per heavy atom. The summed E-state index contributed by atoms with van der Waals surface area (Å²) in [7, 11) is 0. The van der Waals surface area contributed by atoms with Gasteiger partial charge in [-0.05, 0) is 11.1 Å². The fraction of sp³-hybridized carbons (Fsp3) is 0.158. The van der Waals surface area contributed by atoms with Gasteiger partial charge in [0.25, 0.3) is 0 Å². The van der Waals surface area contributed by atoms with Crippen LogP contribution in [0, 0.1) is 0 Å². The van der Waals surface area contributed by atoms with Gasteiger partial charge in [0.05, 0.1) is 12.7 Å². The number of nitrogens with zero attached hydrogens (tertiary/aromatic N) is 2. The third-order valence-corrected chi connectivity index (χ3v) is 3.68. The van der Waals surface area contributed by atoms with Crippen LogP contribution in [0.3, 0.4) is 0 Å². The molecule has 0 atom stereocenters. The van der Waals surface area contributed by atoms with Gasteiger partial charge < -0.3 is 0 Å². The summed E-state index contributed by atoms with van der Waals surface area (Å²) in [5.41, 5.74) is 4.13. The van der Waals surface area contributed by atoms with Crippen molar-refractivity contribution < 1.29 is 4.79 Å². The fourth-order valence-corrected chi connectivity index (χ4v) is 2.42. The Labute approximate surface area is 130 Å². The van der Waals surface area contributed by atoms with Gasteiger partial charge in [-0.2, -0.15) is 5.10 Å². The molecule has 3 aromatic rings. The highest BCUT2D eigenvalue weighted by molar-refractivity contribution is 5.96. The lowest BCUT2D eigenvalue weighted by Crippen LogP contribution is -1.99. The van der Waals surface area contributed by atoms with Crippen molar-refractivity contribution in [2.75, 3.05) is 0 Å². The Bertz CT molecular complexity index is 758. The highest BCUT2D eigenvalue weighted by atomic mass is 16.1. The van der Waals surface area contributed by atoms with E-state index in [0.29, 0.717) is 6.42 Å². The Morgan fingerprint density at radius 1 is 1.00 bits per heavy atom. The van der Waals surface area contributed by atoms with Crippen LogP contribution in [0.25, 0.3) is 11.1 Å². The highest BCUT2D eigenvalue weighted by Crippen LogP contribution is 2.20. The molecule has 0 aliphatic rings. The summed E-state index contributed by atoms with van der Waals surface area (Å²) in [6.07, 6.45) is 4.43. The number of aromatic nitrogens is 2. The SMILES string of the molecule is CCC(=O)c1ccc(-c2cnn(Cc3ccccc3)c2)cc1. The molecule has 2 aromatic carbocycles. The monoisotopic (exact) mass is 290 g/mol. The van der Waals surface area contributed by atoms with Gasteiger partial charge in [-0.25, -0.2) is 0 Å². The molecule has 22 heavy (non-hydrogen) atoms. The minimum atomic E-state index is 0.173. The molecule has 3 rings (SSSR count). The number of benzene rings is 2. The normalized spacial score (nSPS) is 10.6. The number of ketones is 1. The second kappa shape index (κ2) is 6.39. The molecule has 0 aliphatic carbocycles. The van der Waals surface area contributed by atoms with Crippen LogP contribution in [0.15, 0.2) is 67.0 Å². The maximum absolute atomic E-state index is 11.7. The van der Waals surface area contributed by atoms with E-state index in [2.05, 4.69) is 17.2 Å². The van der Waals surface area contributed by atoms with Crippen molar-refractivity contribution in [3.8, 4) is 11.1 Å². The zero-order valence-corrected chi connectivity index (χ0v) is 12.6.